The number of piperazine rings is 1. The molecule has 1 saturated carbocycles. The molecule has 2 unspecified atom stereocenters. The van der Waals surface area contributed by atoms with Gasteiger partial charge < -0.3 is 10.2 Å². The fourth-order valence-corrected chi connectivity index (χ4v) is 3.51. The molecule has 20 heavy (non-hydrogen) atoms. The molecule has 114 valence electrons. The maximum absolute atomic E-state index is 12.6. The molecule has 4 heteroatoms. The van der Waals surface area contributed by atoms with Crippen LogP contribution in [0.2, 0.25) is 0 Å². The first-order chi connectivity index (χ1) is 9.12. The van der Waals surface area contributed by atoms with E-state index in [2.05, 4.69) is 39.9 Å². The van der Waals surface area contributed by atoms with Crippen molar-refractivity contribution in [3.63, 3.8) is 0 Å². The topological polar surface area (TPSA) is 49.4 Å². The molecular weight excluding hydrogens is 252 g/mol. The molecule has 0 aromatic carbocycles. The van der Waals surface area contributed by atoms with Crippen LogP contribution in [-0.2, 0) is 9.59 Å². The Hall–Kier alpha value is -1.06. The van der Waals surface area contributed by atoms with Gasteiger partial charge in [0.25, 0.3) is 0 Å². The Morgan fingerprint density at radius 3 is 2.25 bits per heavy atom. The molecule has 2 atom stereocenters. The van der Waals surface area contributed by atoms with Crippen molar-refractivity contribution in [2.75, 3.05) is 13.1 Å². The zero-order chi connectivity index (χ0) is 15.3. The average Bonchev–Trinajstić information content (AvgIpc) is 2.74. The van der Waals surface area contributed by atoms with E-state index in [0.29, 0.717) is 12.5 Å². The summed E-state index contributed by atoms with van der Waals surface area (Å²) in [7, 11) is 0. The third-order valence-electron chi connectivity index (χ3n) is 6.16. The molecule has 2 fully saturated rings. The van der Waals surface area contributed by atoms with E-state index in [4.69, 9.17) is 0 Å². The van der Waals surface area contributed by atoms with Crippen LogP contribution in [0.25, 0.3) is 0 Å². The highest BCUT2D eigenvalue weighted by Gasteiger charge is 2.65. The van der Waals surface area contributed by atoms with Crippen LogP contribution in [0, 0.1) is 22.7 Å². The van der Waals surface area contributed by atoms with Crippen molar-refractivity contribution in [3.8, 4) is 0 Å². The number of rotatable bonds is 4. The third-order valence-corrected chi connectivity index (χ3v) is 6.16. The fraction of sp³-hybridized carbons (Fsp3) is 0.875. The van der Waals surface area contributed by atoms with Crippen LogP contribution in [0.1, 0.15) is 48.0 Å². The number of nitrogens with zero attached hydrogens (tertiary/aromatic N) is 1. The Morgan fingerprint density at radius 1 is 1.25 bits per heavy atom. The highest BCUT2D eigenvalue weighted by Crippen LogP contribution is 2.68. The summed E-state index contributed by atoms with van der Waals surface area (Å²) < 4.78 is 0. The summed E-state index contributed by atoms with van der Waals surface area (Å²) >= 11 is 0. The second kappa shape index (κ2) is 4.74. The van der Waals surface area contributed by atoms with Crippen LogP contribution in [0.3, 0.4) is 0 Å². The SMILES string of the molecule is CCC(C)C1NC(=O)CN(CC2C(C)(C)C2(C)C)C1=O. The van der Waals surface area contributed by atoms with Crippen LogP contribution in [0.4, 0.5) is 0 Å². The van der Waals surface area contributed by atoms with Gasteiger partial charge >= 0.3 is 0 Å². The minimum atomic E-state index is -0.341. The average molecular weight is 280 g/mol. The molecule has 1 aliphatic carbocycles. The Morgan fingerprint density at radius 2 is 1.80 bits per heavy atom. The zero-order valence-corrected chi connectivity index (χ0v) is 13.6. The first-order valence-electron chi connectivity index (χ1n) is 7.71. The van der Waals surface area contributed by atoms with Gasteiger partial charge in [-0.1, -0.05) is 48.0 Å². The van der Waals surface area contributed by atoms with Crippen molar-refractivity contribution >= 4 is 11.8 Å². The standard InChI is InChI=1S/C16H28N2O2/c1-7-10(2)13-14(20)18(9-12(19)17-13)8-11-15(3,4)16(11,5)6/h10-11,13H,7-9H2,1-6H3,(H,17,19). The number of carbonyl (C=O) groups excluding carboxylic acids is 2. The number of nitrogens with one attached hydrogen (secondary N) is 1. The minimum Gasteiger partial charge on any atom is -0.342 e. The Balaban J connectivity index is 2.08. The second-order valence-electron chi connectivity index (χ2n) is 7.65. The van der Waals surface area contributed by atoms with Crippen LogP contribution in [-0.4, -0.2) is 35.8 Å². The molecule has 1 heterocycles. The summed E-state index contributed by atoms with van der Waals surface area (Å²) in [5, 5.41) is 2.85. The summed E-state index contributed by atoms with van der Waals surface area (Å²) in [6.07, 6.45) is 0.894. The Labute approximate surface area is 122 Å². The van der Waals surface area contributed by atoms with E-state index in [9.17, 15) is 9.59 Å². The highest BCUT2D eigenvalue weighted by molar-refractivity contribution is 5.95. The summed E-state index contributed by atoms with van der Waals surface area (Å²) in [4.78, 5) is 26.2. The maximum atomic E-state index is 12.6. The molecule has 0 aromatic rings. The van der Waals surface area contributed by atoms with Gasteiger partial charge in [0.15, 0.2) is 0 Å². The van der Waals surface area contributed by atoms with E-state index < -0.39 is 0 Å². The van der Waals surface area contributed by atoms with E-state index in [-0.39, 0.29) is 41.1 Å². The van der Waals surface area contributed by atoms with Crippen LogP contribution in [0.5, 0.6) is 0 Å². The molecule has 0 radical (unpaired) electrons. The van der Waals surface area contributed by atoms with Crippen molar-refractivity contribution in [1.29, 1.82) is 0 Å². The molecule has 2 aliphatic rings. The molecule has 0 spiro atoms. The highest BCUT2D eigenvalue weighted by atomic mass is 16.2. The van der Waals surface area contributed by atoms with Gasteiger partial charge in [0, 0.05) is 6.54 Å². The van der Waals surface area contributed by atoms with E-state index in [1.54, 1.807) is 4.90 Å². The van der Waals surface area contributed by atoms with Gasteiger partial charge in [0.1, 0.15) is 6.04 Å². The fourth-order valence-electron chi connectivity index (χ4n) is 3.51. The van der Waals surface area contributed by atoms with Crippen LogP contribution >= 0.6 is 0 Å². The monoisotopic (exact) mass is 280 g/mol. The van der Waals surface area contributed by atoms with Gasteiger partial charge in [-0.15, -0.1) is 0 Å². The molecule has 1 saturated heterocycles. The Kier molecular flexibility index (Phi) is 3.64. The molecule has 4 nitrogen and oxygen atoms in total. The van der Waals surface area contributed by atoms with Gasteiger partial charge in [-0.25, -0.2) is 0 Å². The molecule has 1 aliphatic heterocycles. The molecule has 2 amide bonds. The van der Waals surface area contributed by atoms with Gasteiger partial charge in [-0.05, 0) is 22.7 Å². The van der Waals surface area contributed by atoms with Gasteiger partial charge in [0.2, 0.25) is 11.8 Å². The predicted molar refractivity (Wildman–Crippen MR) is 79.0 cm³/mol. The minimum absolute atomic E-state index is 0.0221. The molecule has 2 rings (SSSR count). The molecule has 0 aromatic heterocycles. The molecule has 0 bridgehead atoms. The lowest BCUT2D eigenvalue weighted by Crippen LogP contribution is -2.60. The van der Waals surface area contributed by atoms with Gasteiger partial charge in [-0.3, -0.25) is 9.59 Å². The van der Waals surface area contributed by atoms with E-state index in [1.165, 1.54) is 0 Å². The summed E-state index contributed by atoms with van der Waals surface area (Å²) in [5.74, 6) is 0.737. The maximum Gasteiger partial charge on any atom is 0.245 e. The summed E-state index contributed by atoms with van der Waals surface area (Å²) in [6.45, 7) is 14.0. The zero-order valence-electron chi connectivity index (χ0n) is 13.6. The largest absolute Gasteiger partial charge is 0.342 e. The number of hydrogen-bond donors (Lipinski definition) is 1. The lowest BCUT2D eigenvalue weighted by molar-refractivity contribution is -0.146. The van der Waals surface area contributed by atoms with Crippen LogP contribution in [0.15, 0.2) is 0 Å². The normalized spacial score (nSPS) is 30.1. The van der Waals surface area contributed by atoms with Crippen molar-refractivity contribution in [1.82, 2.24) is 10.2 Å². The van der Waals surface area contributed by atoms with E-state index >= 15 is 0 Å². The van der Waals surface area contributed by atoms with E-state index in [1.807, 2.05) is 6.92 Å². The third kappa shape index (κ3) is 2.23. The van der Waals surface area contributed by atoms with Gasteiger partial charge in [-0.2, -0.15) is 0 Å². The lowest BCUT2D eigenvalue weighted by atomic mass is 9.96. The van der Waals surface area contributed by atoms with Crippen LogP contribution < -0.4 is 5.32 Å². The number of carbonyl (C=O) groups is 2. The van der Waals surface area contributed by atoms with Crippen molar-refractivity contribution < 1.29 is 9.59 Å². The molecule has 1 N–H and O–H groups in total. The molecular formula is C16H28N2O2. The number of hydrogen-bond acceptors (Lipinski definition) is 2. The van der Waals surface area contributed by atoms with Crippen molar-refractivity contribution in [2.24, 2.45) is 22.7 Å². The smallest absolute Gasteiger partial charge is 0.245 e. The summed E-state index contributed by atoms with van der Waals surface area (Å²) in [6, 6.07) is -0.341. The number of amides is 2. The van der Waals surface area contributed by atoms with Gasteiger partial charge in [0.05, 0.1) is 6.54 Å². The quantitative estimate of drug-likeness (QED) is 0.856. The Bertz CT molecular complexity index is 414. The first-order valence-corrected chi connectivity index (χ1v) is 7.71. The second-order valence-corrected chi connectivity index (χ2v) is 7.65. The first kappa shape index (κ1) is 15.3. The van der Waals surface area contributed by atoms with Crippen molar-refractivity contribution in [2.45, 2.75) is 54.0 Å². The lowest BCUT2D eigenvalue weighted by Gasteiger charge is -2.35. The van der Waals surface area contributed by atoms with E-state index in [0.717, 1.165) is 6.42 Å². The predicted octanol–water partition coefficient (Wildman–Crippen LogP) is 2.04. The summed E-state index contributed by atoms with van der Waals surface area (Å²) in [5.41, 5.74) is 0.486. The van der Waals surface area contributed by atoms with Crippen molar-refractivity contribution in [3.05, 3.63) is 0 Å².